The van der Waals surface area contributed by atoms with Gasteiger partial charge < -0.3 is 14.0 Å². The molecule has 6 nitrogen and oxygen atoms in total. The number of pyridine rings is 1. The molecule has 0 spiro atoms. The van der Waals surface area contributed by atoms with Crippen molar-refractivity contribution in [2.24, 2.45) is 0 Å². The summed E-state index contributed by atoms with van der Waals surface area (Å²) >= 11 is 0. The van der Waals surface area contributed by atoms with E-state index in [0.29, 0.717) is 11.4 Å². The highest BCUT2D eigenvalue weighted by atomic mass is 16.6. The topological polar surface area (TPSA) is 70.4 Å². The molecule has 0 saturated carbocycles. The molecule has 2 heterocycles. The molecule has 0 fully saturated rings. The minimum Gasteiger partial charge on any atom is -0.463 e. The summed E-state index contributed by atoms with van der Waals surface area (Å²) in [6, 6.07) is 7.09. The van der Waals surface area contributed by atoms with Crippen LogP contribution in [0.2, 0.25) is 0 Å². The van der Waals surface area contributed by atoms with E-state index in [1.807, 2.05) is 13.8 Å². The highest BCUT2D eigenvalue weighted by Gasteiger charge is 2.30. The molecule has 1 atom stereocenters. The molecule has 0 saturated heterocycles. The first-order valence-corrected chi connectivity index (χ1v) is 7.91. The molecule has 24 heavy (non-hydrogen) atoms. The Bertz CT molecular complexity index is 721. The Morgan fingerprint density at radius 1 is 1.25 bits per heavy atom. The Morgan fingerprint density at radius 3 is 2.62 bits per heavy atom. The molecule has 0 N–H and O–H groups in total. The minimum atomic E-state index is -1.19. The fraction of sp³-hybridized carbons (Fsp3) is 0.389. The van der Waals surface area contributed by atoms with Crippen molar-refractivity contribution in [1.82, 2.24) is 9.55 Å². The van der Waals surface area contributed by atoms with E-state index in [0.717, 1.165) is 5.56 Å². The number of esters is 2. The zero-order valence-corrected chi connectivity index (χ0v) is 14.4. The summed E-state index contributed by atoms with van der Waals surface area (Å²) in [6.07, 6.45) is 2.17. The predicted octanol–water partition coefficient (Wildman–Crippen LogP) is 3.23. The quantitative estimate of drug-likeness (QED) is 0.761. The molecule has 0 amide bonds. The molecule has 0 aromatic carbocycles. The number of rotatable bonds is 6. The first kappa shape index (κ1) is 17.7. The predicted molar refractivity (Wildman–Crippen MR) is 88.6 cm³/mol. The molecule has 0 radical (unpaired) electrons. The average molecular weight is 330 g/mol. The van der Waals surface area contributed by atoms with E-state index in [-0.39, 0.29) is 12.6 Å². The first-order chi connectivity index (χ1) is 11.5. The van der Waals surface area contributed by atoms with Gasteiger partial charge in [-0.15, -0.1) is 0 Å². The van der Waals surface area contributed by atoms with Gasteiger partial charge in [-0.05, 0) is 51.5 Å². The maximum absolute atomic E-state index is 12.6. The highest BCUT2D eigenvalue weighted by molar-refractivity contribution is 5.90. The SMILES string of the molecule is CCOC(=O)[C@@H](OC(=O)c1cccn1C(C)C)c1ncccc1C. The number of hydrogen-bond donors (Lipinski definition) is 0. The number of carbonyl (C=O) groups is 2. The molecule has 0 unspecified atom stereocenters. The molecular weight excluding hydrogens is 308 g/mol. The second-order valence-electron chi connectivity index (χ2n) is 5.64. The van der Waals surface area contributed by atoms with Crippen molar-refractivity contribution >= 4 is 11.9 Å². The summed E-state index contributed by atoms with van der Waals surface area (Å²) in [4.78, 5) is 29.0. The van der Waals surface area contributed by atoms with Crippen LogP contribution in [0.1, 0.15) is 54.7 Å². The highest BCUT2D eigenvalue weighted by Crippen LogP contribution is 2.23. The fourth-order valence-electron chi connectivity index (χ4n) is 2.39. The van der Waals surface area contributed by atoms with Gasteiger partial charge in [0.2, 0.25) is 6.10 Å². The van der Waals surface area contributed by atoms with Gasteiger partial charge in [0.15, 0.2) is 0 Å². The monoisotopic (exact) mass is 330 g/mol. The third kappa shape index (κ3) is 3.82. The lowest BCUT2D eigenvalue weighted by Crippen LogP contribution is -2.25. The van der Waals surface area contributed by atoms with E-state index in [9.17, 15) is 9.59 Å². The van der Waals surface area contributed by atoms with Gasteiger partial charge in [-0.3, -0.25) is 4.98 Å². The lowest BCUT2D eigenvalue weighted by Gasteiger charge is -2.19. The Morgan fingerprint density at radius 2 is 2.00 bits per heavy atom. The number of nitrogens with zero attached hydrogens (tertiary/aromatic N) is 2. The fourth-order valence-corrected chi connectivity index (χ4v) is 2.39. The van der Waals surface area contributed by atoms with Crippen LogP contribution in [0.15, 0.2) is 36.7 Å². The van der Waals surface area contributed by atoms with Crippen LogP contribution in [0, 0.1) is 6.92 Å². The van der Waals surface area contributed by atoms with Crippen LogP contribution in [-0.4, -0.2) is 28.1 Å². The zero-order chi connectivity index (χ0) is 17.7. The maximum atomic E-state index is 12.6. The number of hydrogen-bond acceptors (Lipinski definition) is 5. The lowest BCUT2D eigenvalue weighted by atomic mass is 10.1. The van der Waals surface area contributed by atoms with Crippen LogP contribution < -0.4 is 0 Å². The minimum absolute atomic E-state index is 0.0974. The van der Waals surface area contributed by atoms with E-state index in [1.54, 1.807) is 55.1 Å². The average Bonchev–Trinajstić information content (AvgIpc) is 3.03. The van der Waals surface area contributed by atoms with Gasteiger partial charge in [0, 0.05) is 18.4 Å². The molecule has 0 aliphatic rings. The van der Waals surface area contributed by atoms with Gasteiger partial charge in [0.1, 0.15) is 5.69 Å². The number of ether oxygens (including phenoxy) is 2. The van der Waals surface area contributed by atoms with Crippen LogP contribution >= 0.6 is 0 Å². The second kappa shape index (κ2) is 7.77. The van der Waals surface area contributed by atoms with Gasteiger partial charge in [0.05, 0.1) is 12.3 Å². The van der Waals surface area contributed by atoms with Crippen molar-refractivity contribution in [3.05, 3.63) is 53.6 Å². The molecule has 128 valence electrons. The standard InChI is InChI=1S/C18H22N2O4/c1-5-23-18(22)16(15-13(4)8-6-10-19-15)24-17(21)14-9-7-11-20(14)12(2)3/h6-12,16H,5H2,1-4H3/t16-/m0/s1. The summed E-state index contributed by atoms with van der Waals surface area (Å²) < 4.78 is 12.3. The van der Waals surface area contributed by atoms with E-state index < -0.39 is 18.0 Å². The molecule has 2 aromatic rings. The Labute approximate surface area is 141 Å². The summed E-state index contributed by atoms with van der Waals surface area (Å²) in [5.41, 5.74) is 1.52. The first-order valence-electron chi connectivity index (χ1n) is 7.91. The van der Waals surface area contributed by atoms with Crippen molar-refractivity contribution in [2.75, 3.05) is 6.61 Å². The summed E-state index contributed by atoms with van der Waals surface area (Å²) in [5.74, 6) is -1.22. The number of aryl methyl sites for hydroxylation is 1. The Kier molecular flexibility index (Phi) is 5.73. The van der Waals surface area contributed by atoms with Gasteiger partial charge in [-0.1, -0.05) is 6.07 Å². The van der Waals surface area contributed by atoms with Crippen LogP contribution in [0.5, 0.6) is 0 Å². The molecule has 6 heteroatoms. The third-order valence-corrected chi connectivity index (χ3v) is 3.57. The zero-order valence-electron chi connectivity index (χ0n) is 14.4. The molecule has 2 aromatic heterocycles. The molecule has 0 aliphatic heterocycles. The smallest absolute Gasteiger partial charge is 0.356 e. The van der Waals surface area contributed by atoms with Crippen LogP contribution in [0.3, 0.4) is 0 Å². The number of aromatic nitrogens is 2. The Balaban J connectivity index is 2.32. The van der Waals surface area contributed by atoms with Crippen LogP contribution in [0.4, 0.5) is 0 Å². The normalized spacial score (nSPS) is 12.0. The number of carbonyl (C=O) groups excluding carboxylic acids is 2. The second-order valence-corrected chi connectivity index (χ2v) is 5.64. The van der Waals surface area contributed by atoms with Crippen molar-refractivity contribution < 1.29 is 19.1 Å². The van der Waals surface area contributed by atoms with Crippen molar-refractivity contribution in [2.45, 2.75) is 39.8 Å². The molecule has 0 aliphatic carbocycles. The Hall–Kier alpha value is -2.63. The van der Waals surface area contributed by atoms with Crippen LogP contribution in [0.25, 0.3) is 0 Å². The van der Waals surface area contributed by atoms with E-state index in [4.69, 9.17) is 9.47 Å². The van der Waals surface area contributed by atoms with Crippen LogP contribution in [-0.2, 0) is 14.3 Å². The molecule has 0 bridgehead atoms. The van der Waals surface area contributed by atoms with Crippen molar-refractivity contribution in [3.63, 3.8) is 0 Å². The summed E-state index contributed by atoms with van der Waals surface area (Å²) in [5, 5.41) is 0. The van der Waals surface area contributed by atoms with Gasteiger partial charge in [-0.25, -0.2) is 9.59 Å². The maximum Gasteiger partial charge on any atom is 0.356 e. The van der Waals surface area contributed by atoms with Crippen molar-refractivity contribution in [1.29, 1.82) is 0 Å². The molecular formula is C18H22N2O4. The van der Waals surface area contributed by atoms with E-state index >= 15 is 0 Å². The largest absolute Gasteiger partial charge is 0.463 e. The van der Waals surface area contributed by atoms with Gasteiger partial charge in [0.25, 0.3) is 0 Å². The van der Waals surface area contributed by atoms with E-state index in [2.05, 4.69) is 4.98 Å². The van der Waals surface area contributed by atoms with Gasteiger partial charge >= 0.3 is 11.9 Å². The van der Waals surface area contributed by atoms with Crippen molar-refractivity contribution in [3.8, 4) is 0 Å². The molecule has 2 rings (SSSR count). The van der Waals surface area contributed by atoms with Gasteiger partial charge in [-0.2, -0.15) is 0 Å². The summed E-state index contributed by atoms with van der Waals surface area (Å²) in [6.45, 7) is 7.62. The summed E-state index contributed by atoms with van der Waals surface area (Å²) in [7, 11) is 0. The lowest BCUT2D eigenvalue weighted by molar-refractivity contribution is -0.154. The third-order valence-electron chi connectivity index (χ3n) is 3.57. The van der Waals surface area contributed by atoms with E-state index in [1.165, 1.54) is 0 Å².